The average Bonchev–Trinajstić information content (AvgIpc) is 2.18. The fourth-order valence-electron chi connectivity index (χ4n) is 0.930. The fourth-order valence-corrected chi connectivity index (χ4v) is 0.930. The minimum Gasteiger partial charge on any atom is -0.358 e. The van der Waals surface area contributed by atoms with Crippen molar-refractivity contribution < 1.29 is 4.92 Å². The summed E-state index contributed by atoms with van der Waals surface area (Å²) in [6.45, 7) is 5.41. The van der Waals surface area contributed by atoms with Gasteiger partial charge in [-0.15, -0.1) is 6.58 Å². The maximum Gasteiger partial charge on any atom is 0.311 e. The lowest BCUT2D eigenvalue weighted by Gasteiger charge is -2.09. The molecule has 1 aromatic heterocycles. The number of rotatable bonds is 4. The third-order valence-corrected chi connectivity index (χ3v) is 1.70. The number of hydrogen-bond donors (Lipinski definition) is 1. The van der Waals surface area contributed by atoms with Gasteiger partial charge in [-0.05, 0) is 13.0 Å². The van der Waals surface area contributed by atoms with Crippen molar-refractivity contribution in [2.75, 3.05) is 5.32 Å². The quantitative estimate of drug-likeness (QED) is 0.451. The van der Waals surface area contributed by atoms with Crippen LogP contribution in [-0.2, 0) is 0 Å². The van der Waals surface area contributed by atoms with Crippen LogP contribution in [0.25, 0.3) is 0 Å². The monoisotopic (exact) mass is 193 g/mol. The molecule has 0 aromatic carbocycles. The second-order valence-corrected chi connectivity index (χ2v) is 2.80. The molecule has 0 aliphatic carbocycles. The van der Waals surface area contributed by atoms with Crippen LogP contribution in [-0.4, -0.2) is 15.9 Å². The Labute approximate surface area is 81.6 Å². The lowest BCUT2D eigenvalue weighted by Crippen LogP contribution is -2.13. The molecule has 0 bridgehead atoms. The SMILES string of the molecule is C=CC(C)Nc1ncccc1[N+](=O)[O-]. The first-order chi connectivity index (χ1) is 6.65. The van der Waals surface area contributed by atoms with Crippen molar-refractivity contribution in [3.05, 3.63) is 41.1 Å². The number of nitrogens with zero attached hydrogens (tertiary/aromatic N) is 2. The summed E-state index contributed by atoms with van der Waals surface area (Å²) in [4.78, 5) is 14.0. The third kappa shape index (κ3) is 2.29. The van der Waals surface area contributed by atoms with E-state index in [1.165, 1.54) is 18.3 Å². The van der Waals surface area contributed by atoms with Crippen molar-refractivity contribution in [1.29, 1.82) is 0 Å². The van der Waals surface area contributed by atoms with Crippen LogP contribution in [0, 0.1) is 10.1 Å². The van der Waals surface area contributed by atoms with Crippen LogP contribution in [0.15, 0.2) is 31.0 Å². The van der Waals surface area contributed by atoms with Gasteiger partial charge in [0.25, 0.3) is 0 Å². The van der Waals surface area contributed by atoms with Gasteiger partial charge in [-0.2, -0.15) is 0 Å². The Balaban J connectivity index is 2.95. The minimum absolute atomic E-state index is 0.0267. The van der Waals surface area contributed by atoms with Crippen molar-refractivity contribution >= 4 is 11.5 Å². The smallest absolute Gasteiger partial charge is 0.311 e. The second kappa shape index (κ2) is 4.36. The van der Waals surface area contributed by atoms with Gasteiger partial charge in [0, 0.05) is 18.3 Å². The van der Waals surface area contributed by atoms with E-state index in [1.54, 1.807) is 6.08 Å². The highest BCUT2D eigenvalue weighted by atomic mass is 16.6. The summed E-state index contributed by atoms with van der Waals surface area (Å²) in [6.07, 6.45) is 3.16. The number of hydrogen-bond acceptors (Lipinski definition) is 4. The molecule has 14 heavy (non-hydrogen) atoms. The Morgan fingerprint density at radius 1 is 1.79 bits per heavy atom. The molecule has 1 aromatic rings. The Morgan fingerprint density at radius 2 is 2.50 bits per heavy atom. The predicted octanol–water partition coefficient (Wildman–Crippen LogP) is 1.98. The van der Waals surface area contributed by atoms with Gasteiger partial charge in [-0.1, -0.05) is 6.08 Å². The number of aromatic nitrogens is 1. The molecule has 1 unspecified atom stereocenters. The zero-order valence-corrected chi connectivity index (χ0v) is 7.80. The summed E-state index contributed by atoms with van der Waals surface area (Å²) in [5.74, 6) is 0.268. The van der Waals surface area contributed by atoms with Gasteiger partial charge in [-0.3, -0.25) is 10.1 Å². The van der Waals surface area contributed by atoms with Gasteiger partial charge in [0.1, 0.15) is 0 Å². The molecule has 1 N–H and O–H groups in total. The third-order valence-electron chi connectivity index (χ3n) is 1.70. The summed E-state index contributed by atoms with van der Waals surface area (Å²) in [5.41, 5.74) is -0.0267. The highest BCUT2D eigenvalue weighted by Crippen LogP contribution is 2.20. The van der Waals surface area contributed by atoms with Gasteiger partial charge < -0.3 is 5.32 Å². The maximum atomic E-state index is 10.6. The van der Waals surface area contributed by atoms with E-state index >= 15 is 0 Å². The van der Waals surface area contributed by atoms with Crippen molar-refractivity contribution in [2.24, 2.45) is 0 Å². The van der Waals surface area contributed by atoms with Crippen LogP contribution in [0.1, 0.15) is 6.92 Å². The molecule has 0 aliphatic rings. The first kappa shape index (κ1) is 10.2. The van der Waals surface area contributed by atoms with Crippen LogP contribution in [0.2, 0.25) is 0 Å². The van der Waals surface area contributed by atoms with Gasteiger partial charge in [0.15, 0.2) is 0 Å². The Hall–Kier alpha value is -1.91. The summed E-state index contributed by atoms with van der Waals surface area (Å²) in [5, 5.41) is 13.5. The van der Waals surface area contributed by atoms with Gasteiger partial charge in [-0.25, -0.2) is 4.98 Å². The van der Waals surface area contributed by atoms with Crippen LogP contribution < -0.4 is 5.32 Å². The predicted molar refractivity (Wildman–Crippen MR) is 54.2 cm³/mol. The zero-order valence-electron chi connectivity index (χ0n) is 7.80. The highest BCUT2D eigenvalue weighted by molar-refractivity contribution is 5.55. The second-order valence-electron chi connectivity index (χ2n) is 2.80. The standard InChI is InChI=1S/C9H11N3O2/c1-3-7(2)11-9-8(12(13)14)5-4-6-10-9/h3-7H,1H2,2H3,(H,10,11). The van der Waals surface area contributed by atoms with Gasteiger partial charge >= 0.3 is 5.69 Å². The molecule has 0 fully saturated rings. The van der Waals surface area contributed by atoms with E-state index in [-0.39, 0.29) is 17.5 Å². The maximum absolute atomic E-state index is 10.6. The molecule has 1 rings (SSSR count). The van der Waals surface area contributed by atoms with Crippen molar-refractivity contribution in [1.82, 2.24) is 4.98 Å². The molecule has 1 atom stereocenters. The number of nitro groups is 1. The molecule has 0 aliphatic heterocycles. The average molecular weight is 193 g/mol. The lowest BCUT2D eigenvalue weighted by atomic mass is 10.3. The van der Waals surface area contributed by atoms with Crippen LogP contribution in [0.4, 0.5) is 11.5 Å². The molecule has 0 saturated carbocycles. The van der Waals surface area contributed by atoms with Crippen LogP contribution in [0.3, 0.4) is 0 Å². The first-order valence-corrected chi connectivity index (χ1v) is 4.13. The van der Waals surface area contributed by atoms with Crippen LogP contribution >= 0.6 is 0 Å². The van der Waals surface area contributed by atoms with E-state index in [4.69, 9.17) is 0 Å². The summed E-state index contributed by atoms with van der Waals surface area (Å²) >= 11 is 0. The van der Waals surface area contributed by atoms with E-state index in [0.29, 0.717) is 0 Å². The normalized spacial score (nSPS) is 11.8. The molecule has 74 valence electrons. The Morgan fingerprint density at radius 3 is 3.07 bits per heavy atom. The zero-order chi connectivity index (χ0) is 10.6. The molecule has 1 heterocycles. The summed E-state index contributed by atoms with van der Waals surface area (Å²) in [7, 11) is 0. The number of nitrogens with one attached hydrogen (secondary N) is 1. The van der Waals surface area contributed by atoms with E-state index in [0.717, 1.165) is 0 Å². The highest BCUT2D eigenvalue weighted by Gasteiger charge is 2.14. The summed E-state index contributed by atoms with van der Waals surface area (Å²) < 4.78 is 0. The van der Waals surface area contributed by atoms with Crippen molar-refractivity contribution in [3.63, 3.8) is 0 Å². The van der Waals surface area contributed by atoms with E-state index in [2.05, 4.69) is 16.9 Å². The van der Waals surface area contributed by atoms with Gasteiger partial charge in [0.05, 0.1) is 4.92 Å². The largest absolute Gasteiger partial charge is 0.358 e. The molecule has 0 saturated heterocycles. The number of pyridine rings is 1. The van der Waals surface area contributed by atoms with Gasteiger partial charge in [0.2, 0.25) is 5.82 Å². The lowest BCUT2D eigenvalue weighted by molar-refractivity contribution is -0.384. The fraction of sp³-hybridized carbons (Fsp3) is 0.222. The summed E-state index contributed by atoms with van der Waals surface area (Å²) in [6, 6.07) is 2.89. The molecular formula is C9H11N3O2. The van der Waals surface area contributed by atoms with Crippen LogP contribution in [0.5, 0.6) is 0 Å². The molecular weight excluding hydrogens is 182 g/mol. The molecule has 0 radical (unpaired) electrons. The topological polar surface area (TPSA) is 68.1 Å². The van der Waals surface area contributed by atoms with E-state index in [1.807, 2.05) is 6.92 Å². The Bertz CT molecular complexity index is 352. The molecule has 5 nitrogen and oxygen atoms in total. The number of anilines is 1. The van der Waals surface area contributed by atoms with E-state index < -0.39 is 4.92 Å². The first-order valence-electron chi connectivity index (χ1n) is 4.13. The van der Waals surface area contributed by atoms with E-state index in [9.17, 15) is 10.1 Å². The molecule has 5 heteroatoms. The molecule has 0 spiro atoms. The van der Waals surface area contributed by atoms with Crippen molar-refractivity contribution in [2.45, 2.75) is 13.0 Å². The Kier molecular flexibility index (Phi) is 3.17. The van der Waals surface area contributed by atoms with Crippen molar-refractivity contribution in [3.8, 4) is 0 Å². The minimum atomic E-state index is -0.467. The molecule has 0 amide bonds.